The molecular weight excluding hydrogens is 434 g/mol. The molecule has 2 aromatic carbocycles. The maximum Gasteiger partial charge on any atom is 0.246 e. The summed E-state index contributed by atoms with van der Waals surface area (Å²) in [4.78, 5) is 27.6. The predicted octanol–water partition coefficient (Wildman–Crippen LogP) is 4.55. The minimum absolute atomic E-state index is 0.106. The molecule has 0 aliphatic heterocycles. The van der Waals surface area contributed by atoms with Crippen LogP contribution in [0.3, 0.4) is 0 Å². The summed E-state index contributed by atoms with van der Waals surface area (Å²) in [5.41, 5.74) is 3.97. The van der Waals surface area contributed by atoms with E-state index in [0.29, 0.717) is 17.4 Å². The van der Waals surface area contributed by atoms with E-state index < -0.39 is 6.04 Å². The number of nitrogens with zero attached hydrogens (tertiary/aromatic N) is 4. The van der Waals surface area contributed by atoms with Crippen molar-refractivity contribution in [3.8, 4) is 5.69 Å². The summed E-state index contributed by atoms with van der Waals surface area (Å²) >= 11 is 1.34. The van der Waals surface area contributed by atoms with Crippen molar-refractivity contribution in [2.24, 2.45) is 0 Å². The first-order chi connectivity index (χ1) is 15.8. The van der Waals surface area contributed by atoms with E-state index >= 15 is 0 Å². The fourth-order valence-corrected chi connectivity index (χ4v) is 4.44. The molecule has 7 nitrogen and oxygen atoms in total. The lowest BCUT2D eigenvalue weighted by molar-refractivity contribution is -0.135. The SMILES string of the molecule is CCCN(C(=O)CSc1nnc(C)n1-c1cc(C)ccc1C)C(C)C(=O)Nc1ccccc1. The first-order valence-corrected chi connectivity index (χ1v) is 12.1. The Bertz CT molecular complexity index is 1110. The standard InChI is InChI=1S/C25H31N5O2S/c1-6-14-29(19(4)24(32)26-21-10-8-7-9-11-21)23(31)16-33-25-28-27-20(5)30(25)22-15-17(2)12-13-18(22)3/h7-13,15,19H,6,14,16H2,1-5H3,(H,26,32). The Hall–Kier alpha value is -3.13. The zero-order valence-corrected chi connectivity index (χ0v) is 20.6. The number of rotatable bonds is 9. The van der Waals surface area contributed by atoms with E-state index in [4.69, 9.17) is 0 Å². The number of hydrogen-bond donors (Lipinski definition) is 1. The Morgan fingerprint density at radius 1 is 1.09 bits per heavy atom. The van der Waals surface area contributed by atoms with E-state index in [9.17, 15) is 9.59 Å². The van der Waals surface area contributed by atoms with Crippen LogP contribution in [0.15, 0.2) is 53.7 Å². The molecule has 1 atom stereocenters. The summed E-state index contributed by atoms with van der Waals surface area (Å²) in [6, 6.07) is 14.9. The zero-order valence-electron chi connectivity index (χ0n) is 19.8. The first kappa shape index (κ1) is 24.5. The highest BCUT2D eigenvalue weighted by Crippen LogP contribution is 2.25. The Labute approximate surface area is 199 Å². The third-order valence-corrected chi connectivity index (χ3v) is 6.31. The molecule has 1 N–H and O–H groups in total. The van der Waals surface area contributed by atoms with Gasteiger partial charge in [-0.2, -0.15) is 0 Å². The smallest absolute Gasteiger partial charge is 0.246 e. The van der Waals surface area contributed by atoms with Crippen molar-refractivity contribution in [3.05, 3.63) is 65.5 Å². The maximum absolute atomic E-state index is 13.1. The third kappa shape index (κ3) is 6.01. The van der Waals surface area contributed by atoms with E-state index in [1.165, 1.54) is 11.8 Å². The average molecular weight is 466 g/mol. The molecule has 0 bridgehead atoms. The molecular formula is C25H31N5O2S. The summed E-state index contributed by atoms with van der Waals surface area (Å²) in [6.45, 7) is 10.3. The number of nitrogens with one attached hydrogen (secondary N) is 1. The highest BCUT2D eigenvalue weighted by Gasteiger charge is 2.26. The van der Waals surface area contributed by atoms with Gasteiger partial charge in [0.05, 0.1) is 11.4 Å². The molecule has 0 saturated carbocycles. The molecule has 3 rings (SSSR count). The highest BCUT2D eigenvalue weighted by molar-refractivity contribution is 7.99. The Morgan fingerprint density at radius 3 is 2.52 bits per heavy atom. The van der Waals surface area contributed by atoms with Crippen LogP contribution >= 0.6 is 11.8 Å². The molecule has 0 saturated heterocycles. The minimum Gasteiger partial charge on any atom is -0.330 e. The lowest BCUT2D eigenvalue weighted by Crippen LogP contribution is -2.46. The molecule has 0 aliphatic carbocycles. The zero-order chi connectivity index (χ0) is 24.0. The second-order valence-corrected chi connectivity index (χ2v) is 9.00. The number of thioether (sulfide) groups is 1. The lowest BCUT2D eigenvalue weighted by Gasteiger charge is -2.28. The summed E-state index contributed by atoms with van der Waals surface area (Å²) in [5, 5.41) is 12.1. The van der Waals surface area contributed by atoms with Crippen molar-refractivity contribution < 1.29 is 9.59 Å². The molecule has 0 aliphatic rings. The largest absolute Gasteiger partial charge is 0.330 e. The number of anilines is 1. The Balaban J connectivity index is 1.73. The van der Waals surface area contributed by atoms with Crippen LogP contribution < -0.4 is 5.32 Å². The van der Waals surface area contributed by atoms with Crippen molar-refractivity contribution in [1.82, 2.24) is 19.7 Å². The molecule has 0 fully saturated rings. The Kier molecular flexibility index (Phi) is 8.27. The first-order valence-electron chi connectivity index (χ1n) is 11.1. The van der Waals surface area contributed by atoms with Gasteiger partial charge in [-0.15, -0.1) is 10.2 Å². The number of aryl methyl sites for hydroxylation is 3. The average Bonchev–Trinajstić information content (AvgIpc) is 3.17. The number of para-hydroxylation sites is 1. The van der Waals surface area contributed by atoms with E-state index in [0.717, 1.165) is 29.1 Å². The molecule has 33 heavy (non-hydrogen) atoms. The Morgan fingerprint density at radius 2 is 1.82 bits per heavy atom. The van der Waals surface area contributed by atoms with Gasteiger partial charge in [0.25, 0.3) is 0 Å². The van der Waals surface area contributed by atoms with Gasteiger partial charge >= 0.3 is 0 Å². The van der Waals surface area contributed by atoms with Crippen LogP contribution in [-0.4, -0.2) is 49.8 Å². The van der Waals surface area contributed by atoms with Crippen LogP contribution in [0.5, 0.6) is 0 Å². The van der Waals surface area contributed by atoms with Crippen molar-refractivity contribution in [2.75, 3.05) is 17.6 Å². The summed E-state index contributed by atoms with van der Waals surface area (Å²) in [6.07, 6.45) is 0.761. The van der Waals surface area contributed by atoms with Crippen LogP contribution in [0, 0.1) is 20.8 Å². The maximum atomic E-state index is 13.1. The molecule has 3 aromatic rings. The fourth-order valence-electron chi connectivity index (χ4n) is 3.57. The van der Waals surface area contributed by atoms with Gasteiger partial charge in [0.15, 0.2) is 5.16 Å². The molecule has 8 heteroatoms. The van der Waals surface area contributed by atoms with Gasteiger partial charge in [-0.05, 0) is 63.4 Å². The van der Waals surface area contributed by atoms with Gasteiger partial charge in [0.2, 0.25) is 11.8 Å². The van der Waals surface area contributed by atoms with Crippen molar-refractivity contribution in [1.29, 1.82) is 0 Å². The molecule has 1 aromatic heterocycles. The van der Waals surface area contributed by atoms with Crippen molar-refractivity contribution in [2.45, 2.75) is 52.2 Å². The van der Waals surface area contributed by atoms with Gasteiger partial charge in [-0.3, -0.25) is 14.2 Å². The second kappa shape index (κ2) is 11.1. The number of carbonyl (C=O) groups is 2. The van der Waals surface area contributed by atoms with Crippen LogP contribution in [-0.2, 0) is 9.59 Å². The normalized spacial score (nSPS) is 11.8. The van der Waals surface area contributed by atoms with Crippen LogP contribution in [0.1, 0.15) is 37.2 Å². The van der Waals surface area contributed by atoms with Gasteiger partial charge < -0.3 is 10.2 Å². The van der Waals surface area contributed by atoms with Crippen molar-refractivity contribution in [3.63, 3.8) is 0 Å². The van der Waals surface area contributed by atoms with Crippen LogP contribution in [0.2, 0.25) is 0 Å². The molecule has 2 amide bonds. The number of carbonyl (C=O) groups excluding carboxylic acids is 2. The van der Waals surface area contributed by atoms with Gasteiger partial charge in [-0.1, -0.05) is 49.0 Å². The number of amides is 2. The van der Waals surface area contributed by atoms with E-state index in [2.05, 4.69) is 33.7 Å². The topological polar surface area (TPSA) is 80.1 Å². The second-order valence-electron chi connectivity index (χ2n) is 8.06. The summed E-state index contributed by atoms with van der Waals surface area (Å²) in [7, 11) is 0. The highest BCUT2D eigenvalue weighted by atomic mass is 32.2. The van der Waals surface area contributed by atoms with E-state index in [1.54, 1.807) is 11.8 Å². The quantitative estimate of drug-likeness (QED) is 0.469. The molecule has 1 heterocycles. The molecule has 0 spiro atoms. The van der Waals surface area contributed by atoms with Crippen LogP contribution in [0.4, 0.5) is 5.69 Å². The van der Waals surface area contributed by atoms with Gasteiger partial charge in [-0.25, -0.2) is 0 Å². The summed E-state index contributed by atoms with van der Waals surface area (Å²) in [5.74, 6) is 0.624. The van der Waals surface area contributed by atoms with Gasteiger partial charge in [0.1, 0.15) is 11.9 Å². The third-order valence-electron chi connectivity index (χ3n) is 5.40. The molecule has 174 valence electrons. The minimum atomic E-state index is -0.586. The van der Waals surface area contributed by atoms with E-state index in [-0.39, 0.29) is 17.6 Å². The molecule has 0 radical (unpaired) electrons. The van der Waals surface area contributed by atoms with Crippen molar-refractivity contribution >= 4 is 29.3 Å². The number of benzene rings is 2. The lowest BCUT2D eigenvalue weighted by atomic mass is 10.1. The molecule has 1 unspecified atom stereocenters. The monoisotopic (exact) mass is 465 g/mol. The fraction of sp³-hybridized carbons (Fsp3) is 0.360. The number of hydrogen-bond acceptors (Lipinski definition) is 5. The van der Waals surface area contributed by atoms with E-state index in [1.807, 2.05) is 62.6 Å². The number of aromatic nitrogens is 3. The van der Waals surface area contributed by atoms with Crippen LogP contribution in [0.25, 0.3) is 5.69 Å². The predicted molar refractivity (Wildman–Crippen MR) is 133 cm³/mol. The van der Waals surface area contributed by atoms with Gasteiger partial charge in [0, 0.05) is 12.2 Å². The summed E-state index contributed by atoms with van der Waals surface area (Å²) < 4.78 is 1.98.